The van der Waals surface area contributed by atoms with E-state index in [1.165, 1.54) is 24.1 Å². The number of nitrogens with one attached hydrogen (secondary N) is 1. The van der Waals surface area contributed by atoms with Gasteiger partial charge in [-0.3, -0.25) is 4.79 Å². The first-order valence-corrected chi connectivity index (χ1v) is 8.73. The molecule has 0 bridgehead atoms. The molecule has 1 aromatic rings. The van der Waals surface area contributed by atoms with Gasteiger partial charge in [-0.1, -0.05) is 13.8 Å². The molecule has 4 nitrogen and oxygen atoms in total. The van der Waals surface area contributed by atoms with Crippen LogP contribution in [0.25, 0.3) is 0 Å². The van der Waals surface area contributed by atoms with E-state index in [9.17, 15) is 4.79 Å². The molecule has 1 N–H and O–H groups in total. The molecule has 0 amide bonds. The summed E-state index contributed by atoms with van der Waals surface area (Å²) in [6.07, 6.45) is 5.47. The molecule has 1 heterocycles. The van der Waals surface area contributed by atoms with E-state index in [0.29, 0.717) is 18.1 Å². The molecule has 2 unspecified atom stereocenters. The molecule has 0 spiro atoms. The summed E-state index contributed by atoms with van der Waals surface area (Å²) in [4.78, 5) is 17.9. The minimum absolute atomic E-state index is 0.116. The molecule has 0 radical (unpaired) electrons. The van der Waals surface area contributed by atoms with Crippen LogP contribution in [-0.4, -0.2) is 23.6 Å². The summed E-state index contributed by atoms with van der Waals surface area (Å²) in [5.74, 6) is -0.262. The summed E-state index contributed by atoms with van der Waals surface area (Å²) in [7, 11) is 0. The number of carbonyl (C=O) groups excluding carboxylic acids is 1. The number of thiazole rings is 1. The van der Waals surface area contributed by atoms with Gasteiger partial charge < -0.3 is 10.1 Å². The Hall–Kier alpha value is -1.10. The van der Waals surface area contributed by atoms with Crippen LogP contribution in [-0.2, 0) is 16.0 Å². The summed E-state index contributed by atoms with van der Waals surface area (Å²) < 4.78 is 5.16. The third kappa shape index (κ3) is 3.07. The van der Waals surface area contributed by atoms with Gasteiger partial charge in [0.15, 0.2) is 5.13 Å². The maximum atomic E-state index is 12.0. The number of hydrogen-bond donors (Lipinski definition) is 1. The number of anilines is 1. The molecule has 0 saturated heterocycles. The van der Waals surface area contributed by atoms with Crippen molar-refractivity contribution in [2.45, 2.75) is 64.8 Å². The van der Waals surface area contributed by atoms with E-state index in [-0.39, 0.29) is 11.9 Å². The van der Waals surface area contributed by atoms with Gasteiger partial charge in [0.1, 0.15) is 5.92 Å². The lowest BCUT2D eigenvalue weighted by atomic mass is 9.92. The number of esters is 1. The van der Waals surface area contributed by atoms with Crippen molar-refractivity contribution in [3.8, 4) is 0 Å². The number of fused-ring (bicyclic) bond motifs is 1. The number of nitrogens with zero attached hydrogens (tertiary/aromatic N) is 1. The number of aromatic nitrogens is 1. The first-order chi connectivity index (χ1) is 9.98. The molecular weight excluding hydrogens is 284 g/mol. The molecular formula is C16H24N2O2S. The van der Waals surface area contributed by atoms with E-state index in [1.807, 2.05) is 6.92 Å². The van der Waals surface area contributed by atoms with Crippen molar-refractivity contribution in [3.05, 3.63) is 10.6 Å². The van der Waals surface area contributed by atoms with Gasteiger partial charge in [-0.25, -0.2) is 4.98 Å². The normalized spacial score (nSPS) is 26.6. The maximum absolute atomic E-state index is 12.0. The molecule has 2 atom stereocenters. The van der Waals surface area contributed by atoms with Gasteiger partial charge in [0, 0.05) is 10.9 Å². The first-order valence-electron chi connectivity index (χ1n) is 7.91. The van der Waals surface area contributed by atoms with Crippen LogP contribution in [0.4, 0.5) is 5.13 Å². The van der Waals surface area contributed by atoms with Crippen LogP contribution < -0.4 is 5.32 Å². The SMILES string of the molecule is CCOC(=O)C1CCc2sc(NC3CCC(C)(C)C3)nc21. The lowest BCUT2D eigenvalue weighted by molar-refractivity contribution is -0.145. The Labute approximate surface area is 130 Å². The molecule has 2 aliphatic rings. The van der Waals surface area contributed by atoms with E-state index in [0.717, 1.165) is 23.7 Å². The molecule has 1 fully saturated rings. The second-order valence-corrected chi connectivity index (χ2v) is 8.00. The topological polar surface area (TPSA) is 51.2 Å². The Balaban J connectivity index is 1.68. The number of hydrogen-bond acceptors (Lipinski definition) is 5. The van der Waals surface area contributed by atoms with Crippen LogP contribution in [0.3, 0.4) is 0 Å². The zero-order chi connectivity index (χ0) is 15.0. The predicted octanol–water partition coefficient (Wildman–Crippen LogP) is 3.73. The van der Waals surface area contributed by atoms with Crippen molar-refractivity contribution in [2.24, 2.45) is 5.41 Å². The highest BCUT2D eigenvalue weighted by molar-refractivity contribution is 7.15. The minimum atomic E-state index is -0.147. The van der Waals surface area contributed by atoms with Gasteiger partial charge in [-0.05, 0) is 44.4 Å². The predicted molar refractivity (Wildman–Crippen MR) is 84.9 cm³/mol. The number of rotatable bonds is 4. The van der Waals surface area contributed by atoms with Crippen molar-refractivity contribution in [1.82, 2.24) is 4.98 Å². The molecule has 2 aliphatic carbocycles. The first kappa shape index (κ1) is 14.8. The molecule has 116 valence electrons. The van der Waals surface area contributed by atoms with Gasteiger partial charge in [-0.2, -0.15) is 0 Å². The average molecular weight is 308 g/mol. The zero-order valence-electron chi connectivity index (χ0n) is 13.1. The second kappa shape index (κ2) is 5.59. The summed E-state index contributed by atoms with van der Waals surface area (Å²) in [5, 5.41) is 4.56. The number of ether oxygens (including phenoxy) is 1. The quantitative estimate of drug-likeness (QED) is 0.861. The molecule has 1 saturated carbocycles. The van der Waals surface area contributed by atoms with Crippen LogP contribution in [0, 0.1) is 5.41 Å². The van der Waals surface area contributed by atoms with Crippen LogP contribution in [0.2, 0.25) is 0 Å². The highest BCUT2D eigenvalue weighted by Gasteiger charge is 2.35. The Morgan fingerprint density at radius 2 is 2.29 bits per heavy atom. The molecule has 5 heteroatoms. The standard InChI is InChI=1S/C16H24N2O2S/c1-4-20-14(19)11-5-6-12-13(11)18-15(21-12)17-10-7-8-16(2,3)9-10/h10-11H,4-9H2,1-3H3,(H,17,18). The van der Waals surface area contributed by atoms with Gasteiger partial charge >= 0.3 is 5.97 Å². The van der Waals surface area contributed by atoms with E-state index in [1.54, 1.807) is 11.3 Å². The lowest BCUT2D eigenvalue weighted by Crippen LogP contribution is -2.18. The molecule has 0 aromatic carbocycles. The van der Waals surface area contributed by atoms with E-state index in [2.05, 4.69) is 19.2 Å². The Morgan fingerprint density at radius 1 is 1.48 bits per heavy atom. The van der Waals surface area contributed by atoms with Crippen LogP contribution in [0.5, 0.6) is 0 Å². The third-order valence-electron chi connectivity index (χ3n) is 4.58. The van der Waals surface area contributed by atoms with Crippen molar-refractivity contribution < 1.29 is 9.53 Å². The van der Waals surface area contributed by atoms with Gasteiger partial charge in [0.2, 0.25) is 0 Å². The number of carbonyl (C=O) groups is 1. The van der Waals surface area contributed by atoms with Crippen molar-refractivity contribution in [2.75, 3.05) is 11.9 Å². The summed E-state index contributed by atoms with van der Waals surface area (Å²) >= 11 is 1.72. The fourth-order valence-corrected chi connectivity index (χ4v) is 4.61. The Kier molecular flexibility index (Phi) is 3.95. The second-order valence-electron chi connectivity index (χ2n) is 6.92. The smallest absolute Gasteiger partial charge is 0.315 e. The lowest BCUT2D eigenvalue weighted by Gasteiger charge is -2.17. The molecule has 21 heavy (non-hydrogen) atoms. The Bertz CT molecular complexity index is 538. The molecule has 1 aromatic heterocycles. The fraction of sp³-hybridized carbons (Fsp3) is 0.750. The number of aryl methyl sites for hydroxylation is 1. The maximum Gasteiger partial charge on any atom is 0.315 e. The monoisotopic (exact) mass is 308 g/mol. The fourth-order valence-electron chi connectivity index (χ4n) is 3.50. The third-order valence-corrected chi connectivity index (χ3v) is 5.65. The van der Waals surface area contributed by atoms with E-state index >= 15 is 0 Å². The van der Waals surface area contributed by atoms with E-state index < -0.39 is 0 Å². The van der Waals surface area contributed by atoms with Gasteiger partial charge in [0.05, 0.1) is 12.3 Å². The molecule has 0 aliphatic heterocycles. The van der Waals surface area contributed by atoms with Crippen LogP contribution in [0.1, 0.15) is 62.9 Å². The molecule has 3 rings (SSSR count). The van der Waals surface area contributed by atoms with Crippen molar-refractivity contribution >= 4 is 22.4 Å². The zero-order valence-corrected chi connectivity index (χ0v) is 13.9. The van der Waals surface area contributed by atoms with Crippen molar-refractivity contribution in [1.29, 1.82) is 0 Å². The van der Waals surface area contributed by atoms with E-state index in [4.69, 9.17) is 9.72 Å². The van der Waals surface area contributed by atoms with Crippen molar-refractivity contribution in [3.63, 3.8) is 0 Å². The highest BCUT2D eigenvalue weighted by atomic mass is 32.1. The largest absolute Gasteiger partial charge is 0.465 e. The highest BCUT2D eigenvalue weighted by Crippen LogP contribution is 2.42. The van der Waals surface area contributed by atoms with Crippen LogP contribution >= 0.6 is 11.3 Å². The summed E-state index contributed by atoms with van der Waals surface area (Å²) in [6, 6.07) is 0.521. The van der Waals surface area contributed by atoms with Gasteiger partial charge in [-0.15, -0.1) is 11.3 Å². The Morgan fingerprint density at radius 3 is 2.95 bits per heavy atom. The van der Waals surface area contributed by atoms with Crippen LogP contribution in [0.15, 0.2) is 0 Å². The summed E-state index contributed by atoms with van der Waals surface area (Å²) in [5.41, 5.74) is 1.39. The average Bonchev–Trinajstić information content (AvgIpc) is 3.04. The van der Waals surface area contributed by atoms with Gasteiger partial charge in [0.25, 0.3) is 0 Å². The summed E-state index contributed by atoms with van der Waals surface area (Å²) in [6.45, 7) is 6.95. The minimum Gasteiger partial charge on any atom is -0.465 e.